The molecule has 2 aliphatic rings. The number of nitrogens with two attached hydrogens (primary N) is 1. The van der Waals surface area contributed by atoms with Gasteiger partial charge in [-0.1, -0.05) is 6.07 Å². The minimum Gasteiger partial charge on any atom is -0.383 e. The van der Waals surface area contributed by atoms with Crippen LogP contribution in [0.15, 0.2) is 24.3 Å². The van der Waals surface area contributed by atoms with E-state index in [0.717, 1.165) is 30.0 Å². The Balaban J connectivity index is 1.60. The summed E-state index contributed by atoms with van der Waals surface area (Å²) >= 11 is 0. The highest BCUT2D eigenvalue weighted by molar-refractivity contribution is 6.06. The molecule has 1 aliphatic heterocycles. The lowest BCUT2D eigenvalue weighted by molar-refractivity contribution is -0.117. The molecule has 3 heterocycles. The first-order valence-electron chi connectivity index (χ1n) is 12.4. The van der Waals surface area contributed by atoms with Crippen LogP contribution in [-0.2, 0) is 4.79 Å². The molecule has 1 aliphatic carbocycles. The number of nitrogens with one attached hydrogen (secondary N) is 3. The Morgan fingerprint density at radius 3 is 2.76 bits per heavy atom. The van der Waals surface area contributed by atoms with Crippen LogP contribution in [0.1, 0.15) is 51.9 Å². The topological polar surface area (TPSA) is 143 Å². The van der Waals surface area contributed by atoms with Crippen LogP contribution in [0.25, 0.3) is 5.69 Å². The Morgan fingerprint density at radius 2 is 2.03 bits per heavy atom. The molecule has 5 N–H and O–H groups in total. The zero-order chi connectivity index (χ0) is 26.6. The predicted molar refractivity (Wildman–Crippen MR) is 130 cm³/mol. The van der Waals surface area contributed by atoms with Crippen molar-refractivity contribution in [2.45, 2.75) is 32.7 Å². The minimum atomic E-state index is -2.73. The van der Waals surface area contributed by atoms with Gasteiger partial charge in [-0.3, -0.25) is 9.59 Å². The number of nitrogens with zero attached hydrogens (tertiary/aromatic N) is 5. The zero-order valence-corrected chi connectivity index (χ0v) is 19.0. The smallest absolute Gasteiger partial charge is 0.256 e. The standard InChI is InChI=1S/C23H27N9O2/c1-11-21-26-12(2)30-32(21)16-7-5-6-14(19(16)31(11)4)27-15-10-17(29-22(33)13-8-9-13)28-20(24)18(15)23(34)25-3/h5-7,10-11,13H,8-9H2,1-4H3,(H,25,34)(H4,24,27,28,29,33)/t11-/m0/s1/i3D3. The molecule has 0 spiro atoms. The maximum atomic E-state index is 13.0. The Hall–Kier alpha value is -4.15. The number of benzene rings is 1. The van der Waals surface area contributed by atoms with Gasteiger partial charge in [0.25, 0.3) is 5.91 Å². The molecule has 0 saturated heterocycles. The van der Waals surface area contributed by atoms with Gasteiger partial charge in [-0.15, -0.1) is 0 Å². The van der Waals surface area contributed by atoms with Crippen molar-refractivity contribution in [3.8, 4) is 5.69 Å². The van der Waals surface area contributed by atoms with Crippen molar-refractivity contribution in [1.29, 1.82) is 0 Å². The number of fused-ring (bicyclic) bond motifs is 3. The Kier molecular flexibility index (Phi) is 4.31. The third-order valence-electron chi connectivity index (χ3n) is 6.15. The van der Waals surface area contributed by atoms with E-state index >= 15 is 0 Å². The summed E-state index contributed by atoms with van der Waals surface area (Å²) in [5.74, 6) is 0.186. The molecule has 5 rings (SSSR count). The quantitative estimate of drug-likeness (QED) is 0.451. The first kappa shape index (κ1) is 18.3. The number of carbonyl (C=O) groups is 2. The maximum absolute atomic E-state index is 13.0. The van der Waals surface area contributed by atoms with Crippen molar-refractivity contribution in [2.24, 2.45) is 5.92 Å². The monoisotopic (exact) mass is 464 g/mol. The normalized spacial score (nSPS) is 18.1. The molecule has 0 unspecified atom stereocenters. The van der Waals surface area contributed by atoms with E-state index in [1.54, 1.807) is 4.68 Å². The molecule has 34 heavy (non-hydrogen) atoms. The highest BCUT2D eigenvalue weighted by atomic mass is 16.2. The fraction of sp³-hybridized carbons (Fsp3) is 0.348. The number of amides is 2. The highest BCUT2D eigenvalue weighted by Gasteiger charge is 2.32. The van der Waals surface area contributed by atoms with E-state index in [1.165, 1.54) is 6.07 Å². The van der Waals surface area contributed by atoms with Gasteiger partial charge in [-0.25, -0.2) is 14.6 Å². The molecule has 2 aromatic heterocycles. The van der Waals surface area contributed by atoms with Crippen LogP contribution < -0.4 is 26.6 Å². The number of rotatable bonds is 5. The molecular weight excluding hydrogens is 434 g/mol. The number of carbonyl (C=O) groups excluding carboxylic acids is 2. The SMILES string of the molecule is [2H]C([2H])([2H])NC(=O)c1c(Nc2cccc3c2N(C)[C@@H](C)c2nc(C)nn2-3)cc(NC(=O)C2CC2)nc1N. The fourth-order valence-corrected chi connectivity index (χ4v) is 4.17. The van der Waals surface area contributed by atoms with Crippen LogP contribution in [0.2, 0.25) is 0 Å². The fourth-order valence-electron chi connectivity index (χ4n) is 4.17. The molecule has 3 aromatic rings. The molecule has 0 bridgehead atoms. The zero-order valence-electron chi connectivity index (χ0n) is 22.0. The molecule has 1 atom stereocenters. The van der Waals surface area contributed by atoms with Gasteiger partial charge in [-0.05, 0) is 38.8 Å². The first-order chi connectivity index (χ1) is 17.4. The van der Waals surface area contributed by atoms with Gasteiger partial charge in [0, 0.05) is 30.1 Å². The van der Waals surface area contributed by atoms with Crippen molar-refractivity contribution in [3.05, 3.63) is 41.5 Å². The predicted octanol–water partition coefficient (Wildman–Crippen LogP) is 2.52. The molecule has 1 aromatic carbocycles. The number of pyridine rings is 1. The third-order valence-corrected chi connectivity index (χ3v) is 6.15. The summed E-state index contributed by atoms with van der Waals surface area (Å²) in [6, 6.07) is 6.92. The van der Waals surface area contributed by atoms with Gasteiger partial charge in [0.15, 0.2) is 5.82 Å². The van der Waals surface area contributed by atoms with E-state index in [1.807, 2.05) is 49.3 Å². The summed E-state index contributed by atoms with van der Waals surface area (Å²) in [4.78, 5) is 36.1. The minimum absolute atomic E-state index is 0.0745. The van der Waals surface area contributed by atoms with Crippen molar-refractivity contribution in [2.75, 3.05) is 35.3 Å². The Bertz CT molecular complexity index is 1420. The van der Waals surface area contributed by atoms with Crippen LogP contribution in [0.4, 0.5) is 28.7 Å². The van der Waals surface area contributed by atoms with Gasteiger partial charge in [0.05, 0.1) is 28.8 Å². The second-order valence-electron chi connectivity index (χ2n) is 8.55. The van der Waals surface area contributed by atoms with Gasteiger partial charge in [0.2, 0.25) is 5.91 Å². The van der Waals surface area contributed by atoms with E-state index in [9.17, 15) is 9.59 Å². The molecular formula is C23H27N9O2. The largest absolute Gasteiger partial charge is 0.383 e. The van der Waals surface area contributed by atoms with Crippen LogP contribution in [-0.4, -0.2) is 45.6 Å². The lowest BCUT2D eigenvalue weighted by atomic mass is 10.1. The van der Waals surface area contributed by atoms with Crippen molar-refractivity contribution in [1.82, 2.24) is 25.1 Å². The number of hydrogen-bond donors (Lipinski definition) is 4. The van der Waals surface area contributed by atoms with Gasteiger partial charge in [-0.2, -0.15) is 5.10 Å². The number of nitrogen functional groups attached to an aromatic ring is 1. The molecule has 11 nitrogen and oxygen atoms in total. The van der Waals surface area contributed by atoms with Crippen molar-refractivity contribution >= 4 is 40.5 Å². The number of aromatic nitrogens is 4. The first-order valence-corrected chi connectivity index (χ1v) is 10.9. The number of aryl methyl sites for hydroxylation is 1. The Morgan fingerprint density at radius 1 is 1.24 bits per heavy atom. The molecule has 2 amide bonds. The molecule has 1 saturated carbocycles. The average molecular weight is 465 g/mol. The number of anilines is 5. The van der Waals surface area contributed by atoms with E-state index < -0.39 is 12.9 Å². The lowest BCUT2D eigenvalue weighted by Gasteiger charge is -2.35. The molecule has 1 fully saturated rings. The number of hydrogen-bond acceptors (Lipinski definition) is 8. The highest BCUT2D eigenvalue weighted by Crippen LogP contribution is 2.43. The van der Waals surface area contributed by atoms with Crippen molar-refractivity contribution < 1.29 is 13.7 Å². The van der Waals surface area contributed by atoms with E-state index in [2.05, 4.69) is 25.7 Å². The van der Waals surface area contributed by atoms with Crippen LogP contribution in [0.5, 0.6) is 0 Å². The van der Waals surface area contributed by atoms with Crippen LogP contribution in [0, 0.1) is 12.8 Å². The Labute approximate surface area is 201 Å². The summed E-state index contributed by atoms with van der Waals surface area (Å²) in [7, 11) is 1.92. The summed E-state index contributed by atoms with van der Waals surface area (Å²) in [5.41, 5.74) is 8.35. The lowest BCUT2D eigenvalue weighted by Crippen LogP contribution is -2.31. The summed E-state index contributed by atoms with van der Waals surface area (Å²) < 4.78 is 24.1. The maximum Gasteiger partial charge on any atom is 0.256 e. The van der Waals surface area contributed by atoms with Gasteiger partial charge in [0.1, 0.15) is 23.0 Å². The van der Waals surface area contributed by atoms with E-state index in [-0.39, 0.29) is 40.8 Å². The van der Waals surface area contributed by atoms with Gasteiger partial charge >= 0.3 is 0 Å². The summed E-state index contributed by atoms with van der Waals surface area (Å²) in [6.45, 7) is 1.10. The molecule has 0 radical (unpaired) electrons. The van der Waals surface area contributed by atoms with Crippen LogP contribution in [0.3, 0.4) is 0 Å². The van der Waals surface area contributed by atoms with Crippen molar-refractivity contribution in [3.63, 3.8) is 0 Å². The summed E-state index contributed by atoms with van der Waals surface area (Å²) in [5, 5.41) is 12.5. The second-order valence-corrected chi connectivity index (χ2v) is 8.55. The second kappa shape index (κ2) is 8.01. The van der Waals surface area contributed by atoms with Gasteiger partial charge < -0.3 is 26.6 Å². The molecule has 11 heteroatoms. The summed E-state index contributed by atoms with van der Waals surface area (Å²) in [6.07, 6.45) is 1.60. The average Bonchev–Trinajstić information content (AvgIpc) is 3.57. The number of para-hydroxylation sites is 1. The van der Waals surface area contributed by atoms with Crippen LogP contribution >= 0.6 is 0 Å². The third kappa shape index (κ3) is 3.58. The van der Waals surface area contributed by atoms with E-state index in [4.69, 9.17) is 9.85 Å². The van der Waals surface area contributed by atoms with E-state index in [0.29, 0.717) is 11.5 Å². The molecule has 176 valence electrons.